The molecule has 1 N–H and O–H groups in total. The van der Waals surface area contributed by atoms with E-state index in [1.54, 1.807) is 30.3 Å². The van der Waals surface area contributed by atoms with Crippen LogP contribution in [-0.2, 0) is 4.79 Å². The molecule has 32 heavy (non-hydrogen) atoms. The van der Waals surface area contributed by atoms with Crippen molar-refractivity contribution in [3.05, 3.63) is 101 Å². The lowest BCUT2D eigenvalue weighted by Gasteiger charge is -2.13. The van der Waals surface area contributed by atoms with Gasteiger partial charge in [-0.1, -0.05) is 54.1 Å². The molecule has 0 spiro atoms. The monoisotopic (exact) mass is 443 g/mol. The quantitative estimate of drug-likeness (QED) is 0.378. The highest BCUT2D eigenvalue weighted by Gasteiger charge is 2.15. The number of aromatic nitrogens is 2. The van der Waals surface area contributed by atoms with E-state index in [4.69, 9.17) is 16.7 Å². The van der Waals surface area contributed by atoms with Crippen LogP contribution in [0.15, 0.2) is 84.9 Å². The predicted molar refractivity (Wildman–Crippen MR) is 130 cm³/mol. The molecule has 1 heterocycles. The van der Waals surface area contributed by atoms with E-state index in [0.29, 0.717) is 16.3 Å². The minimum atomic E-state index is -1.04. The largest absolute Gasteiger partial charge is 0.478 e. The molecule has 3 aromatic carbocycles. The smallest absolute Gasteiger partial charge is 0.336 e. The molecule has 0 radical (unpaired) electrons. The Hall–Kier alpha value is -3.83. The van der Waals surface area contributed by atoms with Crippen LogP contribution >= 0.6 is 11.6 Å². The van der Waals surface area contributed by atoms with Crippen LogP contribution in [0.5, 0.6) is 0 Å². The van der Waals surface area contributed by atoms with Crippen molar-refractivity contribution in [2.24, 2.45) is 0 Å². The molecule has 160 valence electrons. The average molecular weight is 444 g/mol. The van der Waals surface area contributed by atoms with Crippen LogP contribution in [-0.4, -0.2) is 35.0 Å². The molecule has 1 aromatic heterocycles. The topological polar surface area (TPSA) is 58.4 Å². The van der Waals surface area contributed by atoms with Crippen LogP contribution in [0.4, 0.5) is 5.69 Å². The van der Waals surface area contributed by atoms with Gasteiger partial charge in [-0.2, -0.15) is 5.10 Å². The molecule has 0 amide bonds. The van der Waals surface area contributed by atoms with Gasteiger partial charge in [-0.3, -0.25) is 0 Å². The van der Waals surface area contributed by atoms with Gasteiger partial charge in [0.25, 0.3) is 0 Å². The number of carboxylic acid groups (broad SMARTS) is 1. The van der Waals surface area contributed by atoms with Crippen molar-refractivity contribution in [2.45, 2.75) is 0 Å². The van der Waals surface area contributed by atoms with Crippen LogP contribution in [0.1, 0.15) is 11.3 Å². The van der Waals surface area contributed by atoms with E-state index in [9.17, 15) is 9.90 Å². The molecule has 5 nitrogen and oxygen atoms in total. The third kappa shape index (κ3) is 4.58. The summed E-state index contributed by atoms with van der Waals surface area (Å²) < 4.78 is 1.83. The zero-order valence-corrected chi connectivity index (χ0v) is 18.5. The number of carboxylic acids is 1. The molecule has 0 fully saturated rings. The number of nitrogens with zero attached hydrogens (tertiary/aromatic N) is 3. The molecule has 0 aliphatic carbocycles. The summed E-state index contributed by atoms with van der Waals surface area (Å²) in [5.41, 5.74) is 5.01. The van der Waals surface area contributed by atoms with E-state index in [0.717, 1.165) is 22.6 Å². The lowest BCUT2D eigenvalue weighted by molar-refractivity contribution is -0.130. The lowest BCUT2D eigenvalue weighted by atomic mass is 10.0. The van der Waals surface area contributed by atoms with Crippen LogP contribution < -0.4 is 4.90 Å². The number of aliphatic carboxylic acids is 1. The highest BCUT2D eigenvalue weighted by Crippen LogP contribution is 2.28. The van der Waals surface area contributed by atoms with Gasteiger partial charge in [0.15, 0.2) is 0 Å². The summed E-state index contributed by atoms with van der Waals surface area (Å²) in [5, 5.41) is 15.0. The van der Waals surface area contributed by atoms with E-state index in [-0.39, 0.29) is 5.57 Å². The Kier molecular flexibility index (Phi) is 6.10. The van der Waals surface area contributed by atoms with Crippen LogP contribution in [0.2, 0.25) is 5.02 Å². The van der Waals surface area contributed by atoms with Crippen molar-refractivity contribution in [1.82, 2.24) is 9.78 Å². The number of hydrogen-bond donors (Lipinski definition) is 1. The predicted octanol–water partition coefficient (Wildman–Crippen LogP) is 5.88. The minimum absolute atomic E-state index is 0.125. The maximum atomic E-state index is 12.0. The van der Waals surface area contributed by atoms with Gasteiger partial charge in [-0.05, 0) is 54.1 Å². The molecule has 0 aliphatic rings. The highest BCUT2D eigenvalue weighted by molar-refractivity contribution is 6.31. The van der Waals surface area contributed by atoms with Gasteiger partial charge in [0.05, 0.1) is 22.6 Å². The van der Waals surface area contributed by atoms with Crippen molar-refractivity contribution in [3.8, 4) is 16.9 Å². The summed E-state index contributed by atoms with van der Waals surface area (Å²) in [5.74, 6) is -1.04. The van der Waals surface area contributed by atoms with E-state index in [1.165, 1.54) is 0 Å². The summed E-state index contributed by atoms with van der Waals surface area (Å²) in [6.07, 6.45) is 1.57. The Balaban J connectivity index is 1.85. The molecule has 0 aliphatic heterocycles. The van der Waals surface area contributed by atoms with Crippen molar-refractivity contribution in [3.63, 3.8) is 0 Å². The molecule has 4 aromatic rings. The second kappa shape index (κ2) is 9.12. The highest BCUT2D eigenvalue weighted by atomic mass is 35.5. The summed E-state index contributed by atoms with van der Waals surface area (Å²) in [6.45, 7) is 0. The summed E-state index contributed by atoms with van der Waals surface area (Å²) >= 11 is 6.08. The first-order chi connectivity index (χ1) is 15.4. The van der Waals surface area contributed by atoms with Gasteiger partial charge < -0.3 is 10.0 Å². The lowest BCUT2D eigenvalue weighted by Crippen LogP contribution is -2.08. The van der Waals surface area contributed by atoms with Gasteiger partial charge >= 0.3 is 5.97 Å². The maximum absolute atomic E-state index is 12.0. The second-order valence-corrected chi connectivity index (χ2v) is 7.95. The molecule has 0 unspecified atom stereocenters. The van der Waals surface area contributed by atoms with Crippen LogP contribution in [0.25, 0.3) is 28.6 Å². The van der Waals surface area contributed by atoms with E-state index >= 15 is 0 Å². The summed E-state index contributed by atoms with van der Waals surface area (Å²) in [6, 6.07) is 26.6. The average Bonchev–Trinajstić information content (AvgIpc) is 3.22. The van der Waals surface area contributed by atoms with E-state index in [1.807, 2.05) is 84.3 Å². The number of anilines is 1. The Labute approximate surface area is 191 Å². The first-order valence-corrected chi connectivity index (χ1v) is 10.4. The van der Waals surface area contributed by atoms with Crippen molar-refractivity contribution >= 4 is 34.9 Å². The van der Waals surface area contributed by atoms with Crippen LogP contribution in [0, 0.1) is 0 Å². The first-order valence-electron chi connectivity index (χ1n) is 10.1. The first kappa shape index (κ1) is 21.4. The molecular weight excluding hydrogens is 422 g/mol. The molecule has 0 bridgehead atoms. The van der Waals surface area contributed by atoms with E-state index < -0.39 is 5.97 Å². The zero-order valence-electron chi connectivity index (χ0n) is 17.7. The van der Waals surface area contributed by atoms with Crippen molar-refractivity contribution in [1.29, 1.82) is 0 Å². The normalized spacial score (nSPS) is 11.4. The Morgan fingerprint density at radius 1 is 0.969 bits per heavy atom. The summed E-state index contributed by atoms with van der Waals surface area (Å²) in [4.78, 5) is 14.0. The Morgan fingerprint density at radius 3 is 2.31 bits per heavy atom. The zero-order chi connectivity index (χ0) is 22.7. The number of rotatable bonds is 6. The van der Waals surface area contributed by atoms with Crippen molar-refractivity contribution < 1.29 is 9.90 Å². The SMILES string of the molecule is CN(C)c1ccc(-c2cc(/C=C(\C(=O)O)c3cccc(Cl)c3)nn2-c2ccccc2)cc1. The second-order valence-electron chi connectivity index (χ2n) is 7.52. The molecule has 0 saturated heterocycles. The number of hydrogen-bond acceptors (Lipinski definition) is 3. The van der Waals surface area contributed by atoms with Crippen LogP contribution in [0.3, 0.4) is 0 Å². The van der Waals surface area contributed by atoms with Gasteiger partial charge in [0, 0.05) is 30.4 Å². The number of para-hydroxylation sites is 1. The van der Waals surface area contributed by atoms with Gasteiger partial charge in [0.1, 0.15) is 0 Å². The van der Waals surface area contributed by atoms with Gasteiger partial charge in [0.2, 0.25) is 0 Å². The third-order valence-corrected chi connectivity index (χ3v) is 5.30. The van der Waals surface area contributed by atoms with Crippen molar-refractivity contribution in [2.75, 3.05) is 19.0 Å². The fourth-order valence-corrected chi connectivity index (χ4v) is 3.63. The molecule has 0 atom stereocenters. The fourth-order valence-electron chi connectivity index (χ4n) is 3.44. The maximum Gasteiger partial charge on any atom is 0.336 e. The number of benzene rings is 3. The number of carbonyl (C=O) groups is 1. The third-order valence-electron chi connectivity index (χ3n) is 5.07. The van der Waals surface area contributed by atoms with Gasteiger partial charge in [-0.25, -0.2) is 9.48 Å². The Bertz CT molecular complexity index is 1280. The molecular formula is C26H22ClN3O2. The number of halogens is 1. The Morgan fingerprint density at radius 2 is 1.69 bits per heavy atom. The van der Waals surface area contributed by atoms with Gasteiger partial charge in [-0.15, -0.1) is 0 Å². The standard InChI is InChI=1S/C26H22ClN3O2/c1-29(2)22-13-11-18(12-14-22)25-17-21(28-30(25)23-9-4-3-5-10-23)16-24(26(31)32)19-7-6-8-20(27)15-19/h3-17H,1-2H3,(H,31,32)/b24-16-. The fraction of sp³-hybridized carbons (Fsp3) is 0.0769. The summed E-state index contributed by atoms with van der Waals surface area (Å²) in [7, 11) is 3.99. The molecule has 0 saturated carbocycles. The van der Waals surface area contributed by atoms with E-state index in [2.05, 4.69) is 0 Å². The minimum Gasteiger partial charge on any atom is -0.478 e. The molecule has 4 rings (SSSR count). The molecule has 6 heteroatoms.